The van der Waals surface area contributed by atoms with Gasteiger partial charge in [0, 0.05) is 17.8 Å². The third-order valence-corrected chi connectivity index (χ3v) is 3.74. The Morgan fingerprint density at radius 1 is 1.26 bits per heavy atom. The number of hydrogen-bond donors (Lipinski definition) is 1. The molecule has 0 unspecified atom stereocenters. The zero-order valence-electron chi connectivity index (χ0n) is 13.0. The van der Waals surface area contributed by atoms with Gasteiger partial charge in [-0.2, -0.15) is 0 Å². The van der Waals surface area contributed by atoms with Crippen molar-refractivity contribution in [3.8, 4) is 0 Å². The Hall–Kier alpha value is -2.66. The lowest BCUT2D eigenvalue weighted by Crippen LogP contribution is -2.31. The van der Waals surface area contributed by atoms with Crippen LogP contribution >= 0.6 is 0 Å². The maximum Gasteiger partial charge on any atom is 0.327 e. The fourth-order valence-electron chi connectivity index (χ4n) is 2.51. The molecule has 5 heteroatoms. The van der Waals surface area contributed by atoms with Crippen LogP contribution in [0.15, 0.2) is 59.3 Å². The molecule has 0 radical (unpaired) electrons. The van der Waals surface area contributed by atoms with E-state index in [9.17, 15) is 4.79 Å². The number of esters is 1. The van der Waals surface area contributed by atoms with E-state index >= 15 is 0 Å². The molecule has 0 fully saturated rings. The minimum atomic E-state index is -0.600. The van der Waals surface area contributed by atoms with Crippen LogP contribution in [0.25, 0.3) is 11.0 Å². The van der Waals surface area contributed by atoms with E-state index in [2.05, 4.69) is 10.3 Å². The number of ether oxygens (including phenoxy) is 1. The molecule has 5 nitrogen and oxygen atoms in total. The number of hydrogen-bond acceptors (Lipinski definition) is 5. The van der Waals surface area contributed by atoms with Crippen molar-refractivity contribution in [2.45, 2.75) is 19.0 Å². The quantitative estimate of drug-likeness (QED) is 0.732. The number of para-hydroxylation sites is 1. The van der Waals surface area contributed by atoms with E-state index in [-0.39, 0.29) is 12.0 Å². The zero-order chi connectivity index (χ0) is 16.2. The lowest BCUT2D eigenvalue weighted by Gasteiger charge is -2.20. The van der Waals surface area contributed by atoms with Gasteiger partial charge in [0.05, 0.1) is 13.2 Å². The maximum absolute atomic E-state index is 12.1. The van der Waals surface area contributed by atoms with Crippen LogP contribution in [0.1, 0.15) is 30.3 Å². The summed E-state index contributed by atoms with van der Waals surface area (Å²) in [4.78, 5) is 16.2. The molecule has 0 saturated heterocycles. The normalized spacial score (nSPS) is 13.7. The van der Waals surface area contributed by atoms with Gasteiger partial charge in [0.1, 0.15) is 17.4 Å². The van der Waals surface area contributed by atoms with Crippen LogP contribution in [0, 0.1) is 0 Å². The minimum absolute atomic E-state index is 0.160. The van der Waals surface area contributed by atoms with Gasteiger partial charge in [-0.05, 0) is 30.7 Å². The number of aromatic nitrogens is 1. The van der Waals surface area contributed by atoms with Crippen LogP contribution in [0.5, 0.6) is 0 Å². The van der Waals surface area contributed by atoms with Gasteiger partial charge >= 0.3 is 5.97 Å². The first-order valence-corrected chi connectivity index (χ1v) is 7.41. The first-order valence-electron chi connectivity index (χ1n) is 7.41. The Morgan fingerprint density at radius 3 is 2.78 bits per heavy atom. The second-order valence-electron chi connectivity index (χ2n) is 5.32. The van der Waals surface area contributed by atoms with Crippen molar-refractivity contribution in [1.82, 2.24) is 10.3 Å². The van der Waals surface area contributed by atoms with E-state index in [1.54, 1.807) is 18.5 Å². The average molecular weight is 310 g/mol. The molecule has 0 amide bonds. The monoisotopic (exact) mass is 310 g/mol. The van der Waals surface area contributed by atoms with Crippen molar-refractivity contribution < 1.29 is 13.9 Å². The first-order chi connectivity index (χ1) is 11.2. The van der Waals surface area contributed by atoms with Gasteiger partial charge in [0.2, 0.25) is 0 Å². The van der Waals surface area contributed by atoms with Crippen LogP contribution < -0.4 is 5.32 Å². The Morgan fingerprint density at radius 2 is 2.09 bits per heavy atom. The second kappa shape index (κ2) is 6.62. The molecule has 3 aromatic rings. The Kier molecular flexibility index (Phi) is 4.39. The summed E-state index contributed by atoms with van der Waals surface area (Å²) in [7, 11) is 1.37. The highest BCUT2D eigenvalue weighted by Gasteiger charge is 2.25. The number of fused-ring (bicyclic) bond motifs is 1. The molecule has 1 N–H and O–H groups in total. The van der Waals surface area contributed by atoms with E-state index in [0.29, 0.717) is 0 Å². The van der Waals surface area contributed by atoms with Gasteiger partial charge in [0.15, 0.2) is 0 Å². The third kappa shape index (κ3) is 3.24. The number of carbonyl (C=O) groups is 1. The molecule has 23 heavy (non-hydrogen) atoms. The van der Waals surface area contributed by atoms with Crippen LogP contribution in [-0.4, -0.2) is 18.1 Å². The molecule has 0 aliphatic rings. The molecule has 2 atom stereocenters. The van der Waals surface area contributed by atoms with E-state index in [4.69, 9.17) is 9.15 Å². The molecular weight excluding hydrogens is 292 g/mol. The number of furan rings is 1. The van der Waals surface area contributed by atoms with Gasteiger partial charge in [0.25, 0.3) is 0 Å². The van der Waals surface area contributed by atoms with Crippen molar-refractivity contribution >= 4 is 16.9 Å². The number of methoxy groups -OCH3 is 1. The highest BCUT2D eigenvalue weighted by Crippen LogP contribution is 2.26. The predicted octanol–water partition coefficient (Wildman–Crippen LogP) is 3.39. The molecular formula is C18H18N2O3. The summed E-state index contributed by atoms with van der Waals surface area (Å²) in [5, 5.41) is 4.29. The molecule has 118 valence electrons. The van der Waals surface area contributed by atoms with E-state index < -0.39 is 6.04 Å². The molecule has 3 rings (SSSR count). The Balaban J connectivity index is 1.85. The number of nitrogens with one attached hydrogen (secondary N) is 1. The molecule has 1 aromatic carbocycles. The first kappa shape index (κ1) is 15.2. The lowest BCUT2D eigenvalue weighted by molar-refractivity contribution is -0.143. The SMILES string of the molecule is COC(=O)[C@H](N[C@@H](C)c1cc2ccccc2o1)c1cccnc1. The summed E-state index contributed by atoms with van der Waals surface area (Å²) in [6.45, 7) is 1.95. The van der Waals surface area contributed by atoms with E-state index in [0.717, 1.165) is 22.3 Å². The average Bonchev–Trinajstić information content (AvgIpc) is 3.04. The van der Waals surface area contributed by atoms with E-state index in [1.807, 2.05) is 43.3 Å². The fourth-order valence-corrected chi connectivity index (χ4v) is 2.51. The van der Waals surface area contributed by atoms with E-state index in [1.165, 1.54) is 7.11 Å². The van der Waals surface area contributed by atoms with Crippen molar-refractivity contribution in [3.05, 3.63) is 66.2 Å². The standard InChI is InChI=1S/C18H18N2O3/c1-12(16-10-13-6-3-4-8-15(13)23-16)20-17(18(21)22-2)14-7-5-9-19-11-14/h3-12,17,20H,1-2H3/t12-,17+/m0/s1. The zero-order valence-corrected chi connectivity index (χ0v) is 13.0. The summed E-state index contributed by atoms with van der Waals surface area (Å²) < 4.78 is 10.8. The fraction of sp³-hybridized carbons (Fsp3) is 0.222. The number of rotatable bonds is 5. The van der Waals surface area contributed by atoms with Crippen molar-refractivity contribution in [1.29, 1.82) is 0 Å². The molecule has 2 aromatic heterocycles. The minimum Gasteiger partial charge on any atom is -0.468 e. The molecule has 0 bridgehead atoms. The van der Waals surface area contributed by atoms with Crippen LogP contribution in [0.4, 0.5) is 0 Å². The predicted molar refractivity (Wildman–Crippen MR) is 86.8 cm³/mol. The number of nitrogens with zero attached hydrogens (tertiary/aromatic N) is 1. The maximum atomic E-state index is 12.1. The highest BCUT2D eigenvalue weighted by atomic mass is 16.5. The molecule has 0 saturated carbocycles. The van der Waals surface area contributed by atoms with Gasteiger partial charge in [-0.25, -0.2) is 4.79 Å². The van der Waals surface area contributed by atoms with Crippen LogP contribution in [0.2, 0.25) is 0 Å². The molecule has 0 aliphatic heterocycles. The number of carbonyl (C=O) groups excluding carboxylic acids is 1. The van der Waals surface area contributed by atoms with Crippen molar-refractivity contribution in [3.63, 3.8) is 0 Å². The summed E-state index contributed by atoms with van der Waals surface area (Å²) in [5.74, 6) is 0.407. The van der Waals surface area contributed by atoms with Crippen LogP contribution in [0.3, 0.4) is 0 Å². The van der Waals surface area contributed by atoms with Crippen molar-refractivity contribution in [2.75, 3.05) is 7.11 Å². The van der Waals surface area contributed by atoms with Crippen LogP contribution in [-0.2, 0) is 9.53 Å². The number of pyridine rings is 1. The smallest absolute Gasteiger partial charge is 0.327 e. The third-order valence-electron chi connectivity index (χ3n) is 3.74. The molecule has 2 heterocycles. The lowest BCUT2D eigenvalue weighted by atomic mass is 10.1. The van der Waals surface area contributed by atoms with Crippen molar-refractivity contribution in [2.24, 2.45) is 0 Å². The summed E-state index contributed by atoms with van der Waals surface area (Å²) in [6.07, 6.45) is 3.32. The van der Waals surface area contributed by atoms with Gasteiger partial charge in [-0.1, -0.05) is 24.3 Å². The van der Waals surface area contributed by atoms with Gasteiger partial charge in [-0.3, -0.25) is 10.3 Å². The van der Waals surface area contributed by atoms with Gasteiger partial charge < -0.3 is 9.15 Å². The Labute approximate surface area is 134 Å². The summed E-state index contributed by atoms with van der Waals surface area (Å²) in [5.41, 5.74) is 1.58. The molecule has 0 aliphatic carbocycles. The summed E-state index contributed by atoms with van der Waals surface area (Å²) >= 11 is 0. The Bertz CT molecular complexity index is 765. The molecule has 0 spiro atoms. The second-order valence-corrected chi connectivity index (χ2v) is 5.32. The summed E-state index contributed by atoms with van der Waals surface area (Å²) in [6, 6.07) is 12.7. The topological polar surface area (TPSA) is 64.4 Å². The van der Waals surface area contributed by atoms with Gasteiger partial charge in [-0.15, -0.1) is 0 Å². The number of benzene rings is 1. The largest absolute Gasteiger partial charge is 0.468 e. The highest BCUT2D eigenvalue weighted by molar-refractivity contribution is 5.78.